The molecule has 0 bridgehead atoms. The van der Waals surface area contributed by atoms with Crippen LogP contribution in [0.25, 0.3) is 0 Å². The van der Waals surface area contributed by atoms with E-state index in [1.807, 2.05) is 6.92 Å². The van der Waals surface area contributed by atoms with E-state index in [1.165, 1.54) is 10.9 Å². The van der Waals surface area contributed by atoms with Crippen LogP contribution in [0.3, 0.4) is 0 Å². The summed E-state index contributed by atoms with van der Waals surface area (Å²) in [6.45, 7) is 6.82. The van der Waals surface area contributed by atoms with E-state index in [4.69, 9.17) is 5.73 Å². The van der Waals surface area contributed by atoms with Gasteiger partial charge in [0.2, 0.25) is 10.0 Å². The Kier molecular flexibility index (Phi) is 4.39. The van der Waals surface area contributed by atoms with Crippen LogP contribution in [-0.2, 0) is 16.6 Å². The molecule has 114 valence electrons. The Labute approximate surface area is 120 Å². The van der Waals surface area contributed by atoms with E-state index in [1.54, 1.807) is 0 Å². The summed E-state index contributed by atoms with van der Waals surface area (Å²) in [5.41, 5.74) is 5.71. The molecule has 3 N–H and O–H groups in total. The highest BCUT2D eigenvalue weighted by molar-refractivity contribution is 7.89. The number of rotatable bonds is 4. The van der Waals surface area contributed by atoms with Crippen LogP contribution < -0.4 is 10.5 Å². The zero-order valence-electron chi connectivity index (χ0n) is 12.3. The van der Waals surface area contributed by atoms with Crippen LogP contribution in [0.1, 0.15) is 40.0 Å². The number of nitrogens with two attached hydrogens (primary N) is 1. The molecule has 20 heavy (non-hydrogen) atoms. The first-order valence-corrected chi connectivity index (χ1v) is 8.65. The molecule has 1 fully saturated rings. The lowest BCUT2D eigenvalue weighted by Crippen LogP contribution is -2.40. The van der Waals surface area contributed by atoms with Gasteiger partial charge in [0.05, 0.1) is 0 Å². The van der Waals surface area contributed by atoms with Crippen LogP contribution in [-0.4, -0.2) is 24.2 Å². The SMILES string of the molecule is CCn1cc(S(=O)(=O)NC2CC(C)CC(C)C2)c(N)n1. The van der Waals surface area contributed by atoms with E-state index in [0.717, 1.165) is 19.3 Å². The predicted octanol–water partition coefficient (Wildman–Crippen LogP) is 1.59. The Balaban J connectivity index is 2.16. The molecule has 0 amide bonds. The average molecular weight is 300 g/mol. The lowest BCUT2D eigenvalue weighted by Gasteiger charge is -2.31. The Bertz CT molecular complexity index is 557. The zero-order valence-corrected chi connectivity index (χ0v) is 13.2. The number of nitrogens with zero attached hydrogens (tertiary/aromatic N) is 2. The molecule has 2 unspecified atom stereocenters. The van der Waals surface area contributed by atoms with Crippen molar-refractivity contribution in [1.29, 1.82) is 0 Å². The van der Waals surface area contributed by atoms with E-state index >= 15 is 0 Å². The number of nitrogens with one attached hydrogen (secondary N) is 1. The van der Waals surface area contributed by atoms with Gasteiger partial charge >= 0.3 is 0 Å². The van der Waals surface area contributed by atoms with Gasteiger partial charge in [0.1, 0.15) is 4.90 Å². The van der Waals surface area contributed by atoms with Gasteiger partial charge in [0, 0.05) is 18.8 Å². The molecule has 0 radical (unpaired) electrons. The van der Waals surface area contributed by atoms with Gasteiger partial charge in [-0.15, -0.1) is 0 Å². The predicted molar refractivity (Wildman–Crippen MR) is 78.6 cm³/mol. The first kappa shape index (κ1) is 15.3. The monoisotopic (exact) mass is 300 g/mol. The summed E-state index contributed by atoms with van der Waals surface area (Å²) < 4.78 is 29.2. The van der Waals surface area contributed by atoms with Crippen molar-refractivity contribution < 1.29 is 8.42 Å². The molecule has 1 saturated carbocycles. The molecule has 1 heterocycles. The Morgan fingerprint density at radius 3 is 2.45 bits per heavy atom. The smallest absolute Gasteiger partial charge is 0.246 e. The molecule has 0 aliphatic heterocycles. The Morgan fingerprint density at radius 2 is 1.95 bits per heavy atom. The van der Waals surface area contributed by atoms with Gasteiger partial charge in [-0.25, -0.2) is 13.1 Å². The van der Waals surface area contributed by atoms with Crippen LogP contribution >= 0.6 is 0 Å². The lowest BCUT2D eigenvalue weighted by molar-refractivity contribution is 0.258. The number of hydrogen-bond donors (Lipinski definition) is 2. The van der Waals surface area contributed by atoms with Gasteiger partial charge < -0.3 is 5.73 Å². The van der Waals surface area contributed by atoms with Crippen molar-refractivity contribution in [3.8, 4) is 0 Å². The molecule has 6 nitrogen and oxygen atoms in total. The van der Waals surface area contributed by atoms with Gasteiger partial charge in [-0.3, -0.25) is 4.68 Å². The van der Waals surface area contributed by atoms with E-state index in [0.29, 0.717) is 18.4 Å². The van der Waals surface area contributed by atoms with Gasteiger partial charge in [-0.05, 0) is 38.0 Å². The molecule has 0 aromatic carbocycles. The highest BCUT2D eigenvalue weighted by Gasteiger charge is 2.29. The molecule has 0 saturated heterocycles. The van der Waals surface area contributed by atoms with Crippen LogP contribution in [0.5, 0.6) is 0 Å². The fraction of sp³-hybridized carbons (Fsp3) is 0.769. The van der Waals surface area contributed by atoms with E-state index in [9.17, 15) is 8.42 Å². The number of anilines is 1. The van der Waals surface area contributed by atoms with Gasteiger partial charge in [-0.1, -0.05) is 13.8 Å². The number of aryl methyl sites for hydroxylation is 1. The van der Waals surface area contributed by atoms with Crippen LogP contribution in [0.15, 0.2) is 11.1 Å². The lowest BCUT2D eigenvalue weighted by atomic mass is 9.81. The van der Waals surface area contributed by atoms with Crippen molar-refractivity contribution in [3.63, 3.8) is 0 Å². The molecule has 1 aliphatic carbocycles. The van der Waals surface area contributed by atoms with Crippen molar-refractivity contribution in [2.45, 2.75) is 57.5 Å². The number of aromatic nitrogens is 2. The largest absolute Gasteiger partial charge is 0.381 e. The second-order valence-electron chi connectivity index (χ2n) is 5.97. The number of hydrogen-bond acceptors (Lipinski definition) is 4. The quantitative estimate of drug-likeness (QED) is 0.883. The van der Waals surface area contributed by atoms with Crippen LogP contribution in [0, 0.1) is 11.8 Å². The number of nitrogen functional groups attached to an aromatic ring is 1. The third-order valence-corrected chi connectivity index (χ3v) is 5.41. The van der Waals surface area contributed by atoms with E-state index in [-0.39, 0.29) is 16.8 Å². The van der Waals surface area contributed by atoms with E-state index < -0.39 is 10.0 Å². The first-order valence-electron chi connectivity index (χ1n) is 7.17. The molecular weight excluding hydrogens is 276 g/mol. The summed E-state index contributed by atoms with van der Waals surface area (Å²) in [6.07, 6.45) is 4.41. The Morgan fingerprint density at radius 1 is 1.35 bits per heavy atom. The third kappa shape index (κ3) is 3.32. The minimum absolute atomic E-state index is 0.0110. The van der Waals surface area contributed by atoms with Crippen molar-refractivity contribution >= 4 is 15.8 Å². The summed E-state index contributed by atoms with van der Waals surface area (Å²) >= 11 is 0. The second-order valence-corrected chi connectivity index (χ2v) is 7.65. The molecule has 1 aromatic heterocycles. The van der Waals surface area contributed by atoms with Gasteiger partial charge in [0.15, 0.2) is 5.82 Å². The van der Waals surface area contributed by atoms with Crippen molar-refractivity contribution in [1.82, 2.24) is 14.5 Å². The normalized spacial score (nSPS) is 27.6. The maximum atomic E-state index is 12.4. The minimum atomic E-state index is -3.59. The van der Waals surface area contributed by atoms with Crippen LogP contribution in [0.4, 0.5) is 5.82 Å². The summed E-state index contributed by atoms with van der Waals surface area (Å²) in [7, 11) is -3.59. The average Bonchev–Trinajstić information content (AvgIpc) is 2.69. The summed E-state index contributed by atoms with van der Waals surface area (Å²) in [5.74, 6) is 1.15. The van der Waals surface area contributed by atoms with E-state index in [2.05, 4.69) is 23.7 Å². The summed E-state index contributed by atoms with van der Waals surface area (Å²) in [6, 6.07) is -0.0110. The van der Waals surface area contributed by atoms with Crippen LogP contribution in [0.2, 0.25) is 0 Å². The topological polar surface area (TPSA) is 90.0 Å². The van der Waals surface area contributed by atoms with Crippen molar-refractivity contribution in [3.05, 3.63) is 6.20 Å². The standard InChI is InChI=1S/C13H24N4O2S/c1-4-17-8-12(13(14)15-17)20(18,19)16-11-6-9(2)5-10(3)7-11/h8-11,16H,4-7H2,1-3H3,(H2,14,15). The highest BCUT2D eigenvalue weighted by Crippen LogP contribution is 2.29. The first-order chi connectivity index (χ1) is 9.31. The molecule has 2 atom stereocenters. The molecular formula is C13H24N4O2S. The summed E-state index contributed by atoms with van der Waals surface area (Å²) in [5, 5.41) is 3.99. The van der Waals surface area contributed by atoms with Gasteiger partial charge in [0.25, 0.3) is 0 Å². The fourth-order valence-electron chi connectivity index (χ4n) is 3.11. The molecule has 7 heteroatoms. The number of sulfonamides is 1. The molecule has 1 aromatic rings. The summed E-state index contributed by atoms with van der Waals surface area (Å²) in [4.78, 5) is 0.0882. The van der Waals surface area contributed by atoms with Gasteiger partial charge in [-0.2, -0.15) is 5.10 Å². The molecule has 1 aliphatic rings. The Hall–Kier alpha value is -1.08. The van der Waals surface area contributed by atoms with Crippen molar-refractivity contribution in [2.24, 2.45) is 11.8 Å². The molecule has 0 spiro atoms. The zero-order chi connectivity index (χ0) is 14.9. The third-order valence-electron chi connectivity index (χ3n) is 3.87. The maximum Gasteiger partial charge on any atom is 0.246 e. The fourth-order valence-corrected chi connectivity index (χ4v) is 4.45. The second kappa shape index (κ2) is 5.73. The maximum absolute atomic E-state index is 12.4. The van der Waals surface area contributed by atoms with Crippen molar-refractivity contribution in [2.75, 3.05) is 5.73 Å². The molecule has 2 rings (SSSR count). The minimum Gasteiger partial charge on any atom is -0.381 e. The highest BCUT2D eigenvalue weighted by atomic mass is 32.2.